The van der Waals surface area contributed by atoms with Crippen molar-refractivity contribution in [2.24, 2.45) is 0 Å². The van der Waals surface area contributed by atoms with Gasteiger partial charge in [-0.05, 0) is 43.3 Å². The van der Waals surface area contributed by atoms with Crippen molar-refractivity contribution < 1.29 is 23.8 Å². The van der Waals surface area contributed by atoms with Crippen molar-refractivity contribution in [3.8, 4) is 5.75 Å². The number of halogens is 1. The first-order chi connectivity index (χ1) is 12.9. The number of hydrogen-bond acceptors (Lipinski definition) is 4. The first kappa shape index (κ1) is 18.8. The number of amides is 1. The van der Waals surface area contributed by atoms with Gasteiger partial charge in [0.15, 0.2) is 0 Å². The molecule has 1 amide bonds. The Labute approximate surface area is 156 Å². The average Bonchev–Trinajstić information content (AvgIpc) is 3.01. The van der Waals surface area contributed by atoms with E-state index in [-0.39, 0.29) is 34.8 Å². The molecule has 0 unspecified atom stereocenters. The largest absolute Gasteiger partial charge is 0.495 e. The third-order valence-corrected chi connectivity index (χ3v) is 4.87. The number of carboxylic acid groups (broad SMARTS) is 1. The molecule has 0 radical (unpaired) electrons. The Bertz CT molecular complexity index is 854. The second-order valence-corrected chi connectivity index (χ2v) is 6.54. The van der Waals surface area contributed by atoms with Crippen molar-refractivity contribution in [2.45, 2.75) is 18.5 Å². The van der Waals surface area contributed by atoms with Crippen molar-refractivity contribution in [3.05, 3.63) is 65.0 Å². The lowest BCUT2D eigenvalue weighted by molar-refractivity contribution is 0.0693. The van der Waals surface area contributed by atoms with E-state index in [0.717, 1.165) is 18.5 Å². The van der Waals surface area contributed by atoms with Crippen LogP contribution < -0.4 is 10.1 Å². The Hall–Kier alpha value is -2.93. The molecule has 1 aliphatic rings. The Morgan fingerprint density at radius 3 is 2.48 bits per heavy atom. The van der Waals surface area contributed by atoms with Gasteiger partial charge in [0.1, 0.15) is 17.1 Å². The number of methoxy groups -OCH3 is 1. The molecule has 6 nitrogen and oxygen atoms in total. The van der Waals surface area contributed by atoms with Crippen molar-refractivity contribution in [3.63, 3.8) is 0 Å². The van der Waals surface area contributed by atoms with Crippen LogP contribution in [0.4, 0.5) is 4.39 Å². The predicted octanol–water partition coefficient (Wildman–Crippen LogP) is 2.71. The normalized spacial score (nSPS) is 19.7. The Morgan fingerprint density at radius 2 is 1.85 bits per heavy atom. The third kappa shape index (κ3) is 3.78. The fourth-order valence-electron chi connectivity index (χ4n) is 3.59. The van der Waals surface area contributed by atoms with Gasteiger partial charge in [-0.3, -0.25) is 9.69 Å². The topological polar surface area (TPSA) is 78.9 Å². The fraction of sp³-hybridized carbons (Fsp3) is 0.300. The standard InChI is InChI=1S/C20H21FN2O4/c1-23-11-10-16(17(23)12-6-8-13(21)9-7-12)22-19(24)14-4-3-5-15(20(25)26)18(14)27-2/h3-9,16-17H,10-11H2,1-2H3,(H,22,24)(H,25,26)/t16-,17+/m1/s1. The summed E-state index contributed by atoms with van der Waals surface area (Å²) in [6, 6.07) is 10.4. The van der Waals surface area contributed by atoms with Gasteiger partial charge in [0.2, 0.25) is 0 Å². The zero-order valence-electron chi connectivity index (χ0n) is 15.1. The number of carboxylic acids is 1. The molecule has 2 aromatic rings. The molecule has 1 fully saturated rings. The summed E-state index contributed by atoms with van der Waals surface area (Å²) in [5.74, 6) is -1.84. The van der Waals surface area contributed by atoms with E-state index in [1.807, 2.05) is 7.05 Å². The first-order valence-electron chi connectivity index (χ1n) is 8.59. The average molecular weight is 372 g/mol. The van der Waals surface area contributed by atoms with Crippen molar-refractivity contribution in [1.29, 1.82) is 0 Å². The summed E-state index contributed by atoms with van der Waals surface area (Å²) < 4.78 is 18.4. The second kappa shape index (κ2) is 7.75. The van der Waals surface area contributed by atoms with Crippen molar-refractivity contribution >= 4 is 11.9 Å². The minimum atomic E-state index is -1.16. The number of rotatable bonds is 5. The summed E-state index contributed by atoms with van der Waals surface area (Å²) in [6.45, 7) is 0.777. The monoisotopic (exact) mass is 372 g/mol. The number of benzene rings is 2. The van der Waals surface area contributed by atoms with E-state index in [0.29, 0.717) is 0 Å². The molecule has 7 heteroatoms. The van der Waals surface area contributed by atoms with E-state index in [2.05, 4.69) is 10.2 Å². The minimum absolute atomic E-state index is 0.0344. The molecule has 1 aliphatic heterocycles. The molecule has 142 valence electrons. The van der Waals surface area contributed by atoms with Crippen LogP contribution in [-0.2, 0) is 0 Å². The lowest BCUT2D eigenvalue weighted by Gasteiger charge is -2.26. The van der Waals surface area contributed by atoms with Gasteiger partial charge in [-0.15, -0.1) is 0 Å². The Morgan fingerprint density at radius 1 is 1.19 bits per heavy atom. The van der Waals surface area contributed by atoms with Crippen LogP contribution in [0.25, 0.3) is 0 Å². The zero-order chi connectivity index (χ0) is 19.6. The highest BCUT2D eigenvalue weighted by Crippen LogP contribution is 2.32. The van der Waals surface area contributed by atoms with E-state index < -0.39 is 11.9 Å². The van der Waals surface area contributed by atoms with Crippen LogP contribution in [0, 0.1) is 5.82 Å². The SMILES string of the molecule is COc1c(C(=O)O)cccc1C(=O)N[C@@H]1CCN(C)[C@H]1c1ccc(F)cc1. The maximum Gasteiger partial charge on any atom is 0.339 e. The van der Waals surface area contributed by atoms with Crippen LogP contribution >= 0.6 is 0 Å². The highest BCUT2D eigenvalue weighted by molar-refractivity contribution is 6.02. The van der Waals surface area contributed by atoms with Gasteiger partial charge in [0, 0.05) is 6.54 Å². The van der Waals surface area contributed by atoms with E-state index in [4.69, 9.17) is 4.74 Å². The van der Waals surface area contributed by atoms with Crippen LogP contribution in [0.2, 0.25) is 0 Å². The van der Waals surface area contributed by atoms with Gasteiger partial charge < -0.3 is 15.2 Å². The van der Waals surface area contributed by atoms with Gasteiger partial charge in [0.05, 0.1) is 24.8 Å². The number of ether oxygens (including phenoxy) is 1. The molecule has 1 saturated heterocycles. The van der Waals surface area contributed by atoms with Crippen LogP contribution in [0.15, 0.2) is 42.5 Å². The molecule has 27 heavy (non-hydrogen) atoms. The van der Waals surface area contributed by atoms with E-state index in [9.17, 15) is 19.1 Å². The molecule has 1 heterocycles. The highest BCUT2D eigenvalue weighted by Gasteiger charge is 2.34. The van der Waals surface area contributed by atoms with E-state index in [1.54, 1.807) is 12.1 Å². The van der Waals surface area contributed by atoms with Gasteiger partial charge in [0.25, 0.3) is 5.91 Å². The van der Waals surface area contributed by atoms with Crippen molar-refractivity contribution in [2.75, 3.05) is 20.7 Å². The van der Waals surface area contributed by atoms with E-state index in [1.165, 1.54) is 37.4 Å². The summed E-state index contributed by atoms with van der Waals surface area (Å²) in [4.78, 5) is 26.3. The lowest BCUT2D eigenvalue weighted by Crippen LogP contribution is -2.39. The molecule has 3 rings (SSSR count). The number of carbonyl (C=O) groups is 2. The molecular weight excluding hydrogens is 351 g/mol. The Kier molecular flexibility index (Phi) is 5.41. The fourth-order valence-corrected chi connectivity index (χ4v) is 3.59. The third-order valence-electron chi connectivity index (χ3n) is 4.87. The van der Waals surface area contributed by atoms with Crippen LogP contribution in [0.5, 0.6) is 5.75 Å². The minimum Gasteiger partial charge on any atom is -0.495 e. The number of hydrogen-bond donors (Lipinski definition) is 2. The summed E-state index contributed by atoms with van der Waals surface area (Å²) in [7, 11) is 3.29. The molecule has 0 aliphatic carbocycles. The molecule has 0 aromatic heterocycles. The molecule has 2 atom stereocenters. The van der Waals surface area contributed by atoms with Crippen LogP contribution in [-0.4, -0.2) is 48.6 Å². The molecule has 2 aromatic carbocycles. The molecule has 0 saturated carbocycles. The summed E-state index contributed by atoms with van der Waals surface area (Å²) in [5.41, 5.74) is 1.02. The first-order valence-corrected chi connectivity index (χ1v) is 8.59. The number of nitrogens with one attached hydrogen (secondary N) is 1. The van der Waals surface area contributed by atoms with Gasteiger partial charge >= 0.3 is 5.97 Å². The number of likely N-dealkylation sites (tertiary alicyclic amines) is 1. The maximum atomic E-state index is 13.2. The lowest BCUT2D eigenvalue weighted by atomic mass is 9.99. The Balaban J connectivity index is 1.86. The molecule has 0 spiro atoms. The number of para-hydroxylation sites is 1. The maximum absolute atomic E-state index is 13.2. The summed E-state index contributed by atoms with van der Waals surface area (Å²) in [6.07, 6.45) is 0.727. The summed E-state index contributed by atoms with van der Waals surface area (Å²) >= 11 is 0. The zero-order valence-corrected chi connectivity index (χ0v) is 15.1. The van der Waals surface area contributed by atoms with Gasteiger partial charge in [-0.2, -0.15) is 0 Å². The second-order valence-electron chi connectivity index (χ2n) is 6.54. The van der Waals surface area contributed by atoms with Crippen LogP contribution in [0.3, 0.4) is 0 Å². The highest BCUT2D eigenvalue weighted by atomic mass is 19.1. The quantitative estimate of drug-likeness (QED) is 0.844. The predicted molar refractivity (Wildman–Crippen MR) is 97.6 cm³/mol. The summed E-state index contributed by atoms with van der Waals surface area (Å²) in [5, 5.41) is 12.3. The van der Waals surface area contributed by atoms with Gasteiger partial charge in [-0.1, -0.05) is 18.2 Å². The van der Waals surface area contributed by atoms with E-state index >= 15 is 0 Å². The van der Waals surface area contributed by atoms with Crippen LogP contribution in [0.1, 0.15) is 38.7 Å². The number of aromatic carboxylic acids is 1. The van der Waals surface area contributed by atoms with Crippen molar-refractivity contribution in [1.82, 2.24) is 10.2 Å². The smallest absolute Gasteiger partial charge is 0.339 e. The number of carbonyl (C=O) groups excluding carboxylic acids is 1. The number of likely N-dealkylation sites (N-methyl/N-ethyl adjacent to an activating group) is 1. The molecule has 2 N–H and O–H groups in total. The molecular formula is C20H21FN2O4. The number of nitrogens with zero attached hydrogens (tertiary/aromatic N) is 1. The van der Waals surface area contributed by atoms with Gasteiger partial charge in [-0.25, -0.2) is 9.18 Å². The molecule has 0 bridgehead atoms.